The van der Waals surface area contributed by atoms with Gasteiger partial charge in [0.25, 0.3) is 0 Å². The number of benzene rings is 2. The molecule has 2 aromatic rings. The molecule has 3 rings (SSSR count). The van der Waals surface area contributed by atoms with Crippen molar-refractivity contribution in [3.05, 3.63) is 83.1 Å². The van der Waals surface area contributed by atoms with Crippen LogP contribution in [0, 0.1) is 11.8 Å². The largest absolute Gasteiger partial charge is 0.466 e. The van der Waals surface area contributed by atoms with Gasteiger partial charge in [-0.05, 0) is 31.9 Å². The van der Waals surface area contributed by atoms with Gasteiger partial charge in [0.15, 0.2) is 0 Å². The van der Waals surface area contributed by atoms with Crippen LogP contribution in [0.4, 0.5) is 0 Å². The normalized spacial score (nSPS) is 20.9. The molecule has 0 fully saturated rings. The van der Waals surface area contributed by atoms with Crippen molar-refractivity contribution in [3.63, 3.8) is 0 Å². The second-order valence-electron chi connectivity index (χ2n) is 9.02. The third-order valence-electron chi connectivity index (χ3n) is 6.33. The molecule has 0 N–H and O–H groups in total. The van der Waals surface area contributed by atoms with Gasteiger partial charge in [-0.3, -0.25) is 9.59 Å². The first-order valence-electron chi connectivity index (χ1n) is 11.5. The van der Waals surface area contributed by atoms with E-state index in [4.69, 9.17) is 9.47 Å². The van der Waals surface area contributed by atoms with Crippen LogP contribution in [0.1, 0.15) is 37.3 Å². The number of carbonyl (C=O) groups excluding carboxylic acids is 2. The van der Waals surface area contributed by atoms with Crippen LogP contribution in [-0.4, -0.2) is 33.2 Å². The molecule has 0 bridgehead atoms. The van der Waals surface area contributed by atoms with Gasteiger partial charge in [-0.2, -0.15) is 0 Å². The van der Waals surface area contributed by atoms with Gasteiger partial charge in [0.1, 0.15) is 0 Å². The average molecular weight is 451 g/mol. The molecule has 0 aromatic heterocycles. The summed E-state index contributed by atoms with van der Waals surface area (Å²) >= 11 is 0. The number of hydrogen-bond acceptors (Lipinski definition) is 4. The summed E-state index contributed by atoms with van der Waals surface area (Å²) < 4.78 is 10.9. The molecule has 0 spiro atoms. The molecule has 1 aliphatic carbocycles. The van der Waals surface area contributed by atoms with Crippen molar-refractivity contribution in [3.8, 4) is 0 Å². The topological polar surface area (TPSA) is 52.6 Å². The third-order valence-corrected chi connectivity index (χ3v) is 9.73. The van der Waals surface area contributed by atoms with Gasteiger partial charge < -0.3 is 9.47 Å². The number of hydrogen-bond donors (Lipinski definition) is 0. The molecule has 2 aromatic carbocycles. The standard InChI is InChI=1S/C27H34O4Si/c1-5-30-26(28)24-18-22(32(3,4)19-20-13-9-7-10-14-20)17-23(21-15-11-8-12-16-21)25(24)27(29)31-6-2/h7-17,23-25H,5-6,18-19H2,1-4H3/t23-,24-,25+/m0/s1. The zero-order valence-electron chi connectivity index (χ0n) is 19.5. The number of carbonyl (C=O) groups is 2. The molecule has 0 saturated carbocycles. The monoisotopic (exact) mass is 450 g/mol. The highest BCUT2D eigenvalue weighted by Crippen LogP contribution is 2.44. The molecule has 1 aliphatic rings. The summed E-state index contributed by atoms with van der Waals surface area (Å²) in [5, 5.41) is 1.31. The molecular weight excluding hydrogens is 416 g/mol. The van der Waals surface area contributed by atoms with Gasteiger partial charge >= 0.3 is 11.9 Å². The van der Waals surface area contributed by atoms with E-state index in [0.717, 1.165) is 11.6 Å². The predicted octanol–water partition coefficient (Wildman–Crippen LogP) is 5.49. The molecule has 0 amide bonds. The van der Waals surface area contributed by atoms with E-state index >= 15 is 0 Å². The van der Waals surface area contributed by atoms with Crippen molar-refractivity contribution in [2.45, 2.75) is 45.3 Å². The second kappa shape index (κ2) is 10.8. The molecule has 32 heavy (non-hydrogen) atoms. The SMILES string of the molecule is CCOC(=O)[C@H]1[C@@H](C(=O)OCC)CC([Si](C)(C)Cc2ccccc2)=C[C@H]1c1ccccc1. The highest BCUT2D eigenvalue weighted by atomic mass is 28.3. The number of allylic oxidation sites excluding steroid dienone is 2. The van der Waals surface area contributed by atoms with E-state index in [-0.39, 0.29) is 24.5 Å². The van der Waals surface area contributed by atoms with E-state index in [9.17, 15) is 9.59 Å². The maximum absolute atomic E-state index is 13.1. The summed E-state index contributed by atoms with van der Waals surface area (Å²) in [7, 11) is -1.91. The average Bonchev–Trinajstić information content (AvgIpc) is 2.79. The Labute approximate surface area is 192 Å². The Morgan fingerprint density at radius 1 is 0.875 bits per heavy atom. The lowest BCUT2D eigenvalue weighted by Crippen LogP contribution is -2.44. The minimum Gasteiger partial charge on any atom is -0.466 e. The Balaban J connectivity index is 2.07. The van der Waals surface area contributed by atoms with Crippen LogP contribution in [0.25, 0.3) is 0 Å². The minimum absolute atomic E-state index is 0.212. The van der Waals surface area contributed by atoms with Gasteiger partial charge in [-0.1, -0.05) is 90.6 Å². The van der Waals surface area contributed by atoms with E-state index in [1.54, 1.807) is 13.8 Å². The number of rotatable bonds is 8. The first-order chi connectivity index (χ1) is 15.4. The summed E-state index contributed by atoms with van der Waals surface area (Å²) in [5.74, 6) is -1.96. The summed E-state index contributed by atoms with van der Waals surface area (Å²) in [6.45, 7) is 8.89. The smallest absolute Gasteiger partial charge is 0.310 e. The maximum atomic E-state index is 13.1. The van der Waals surface area contributed by atoms with E-state index < -0.39 is 19.9 Å². The zero-order chi connectivity index (χ0) is 23.1. The lowest BCUT2D eigenvalue weighted by atomic mass is 9.72. The summed E-state index contributed by atoms with van der Waals surface area (Å²) in [5.41, 5.74) is 2.34. The van der Waals surface area contributed by atoms with Crippen molar-refractivity contribution in [2.24, 2.45) is 11.8 Å². The maximum Gasteiger partial charge on any atom is 0.310 e. The predicted molar refractivity (Wildman–Crippen MR) is 130 cm³/mol. The fourth-order valence-corrected chi connectivity index (χ4v) is 7.62. The molecule has 5 heteroatoms. The highest BCUT2D eigenvalue weighted by Gasteiger charge is 2.46. The number of ether oxygens (including phenoxy) is 2. The van der Waals surface area contributed by atoms with Crippen molar-refractivity contribution in [2.75, 3.05) is 13.2 Å². The molecule has 0 unspecified atom stereocenters. The van der Waals surface area contributed by atoms with Gasteiger partial charge in [-0.25, -0.2) is 0 Å². The quantitative estimate of drug-likeness (QED) is 0.394. The molecule has 3 atom stereocenters. The lowest BCUT2D eigenvalue weighted by Gasteiger charge is -2.39. The van der Waals surface area contributed by atoms with E-state index in [1.807, 2.05) is 36.4 Å². The second-order valence-corrected chi connectivity index (χ2v) is 13.8. The van der Waals surface area contributed by atoms with Crippen molar-refractivity contribution in [1.82, 2.24) is 0 Å². The molecule has 0 aliphatic heterocycles. The molecule has 0 heterocycles. The molecule has 0 saturated heterocycles. The van der Waals surface area contributed by atoms with Gasteiger partial charge in [-0.15, -0.1) is 0 Å². The zero-order valence-corrected chi connectivity index (χ0v) is 20.5. The van der Waals surface area contributed by atoms with Crippen LogP contribution in [0.2, 0.25) is 13.1 Å². The third kappa shape index (κ3) is 5.57. The number of esters is 2. The fraction of sp³-hybridized carbons (Fsp3) is 0.407. The summed E-state index contributed by atoms with van der Waals surface area (Å²) in [4.78, 5) is 26.2. The van der Waals surface area contributed by atoms with Crippen LogP contribution >= 0.6 is 0 Å². The summed E-state index contributed by atoms with van der Waals surface area (Å²) in [6, 6.07) is 21.5. The Kier molecular flexibility index (Phi) is 8.08. The lowest BCUT2D eigenvalue weighted by molar-refractivity contribution is -0.161. The van der Waals surface area contributed by atoms with Crippen molar-refractivity contribution < 1.29 is 19.1 Å². The molecular formula is C27H34O4Si. The first kappa shape index (κ1) is 24.0. The van der Waals surface area contributed by atoms with Crippen LogP contribution in [0.5, 0.6) is 0 Å². The van der Waals surface area contributed by atoms with Crippen molar-refractivity contribution in [1.29, 1.82) is 0 Å². The van der Waals surface area contributed by atoms with Gasteiger partial charge in [0, 0.05) is 5.92 Å². The Hall–Kier alpha value is -2.66. The van der Waals surface area contributed by atoms with Crippen LogP contribution in [0.15, 0.2) is 71.9 Å². The van der Waals surface area contributed by atoms with Crippen LogP contribution in [0.3, 0.4) is 0 Å². The molecule has 4 nitrogen and oxygen atoms in total. The minimum atomic E-state index is -1.91. The van der Waals surface area contributed by atoms with E-state index in [2.05, 4.69) is 43.4 Å². The van der Waals surface area contributed by atoms with Crippen LogP contribution in [-0.2, 0) is 25.1 Å². The highest BCUT2D eigenvalue weighted by molar-refractivity contribution is 6.83. The van der Waals surface area contributed by atoms with Gasteiger partial charge in [0.2, 0.25) is 0 Å². The fourth-order valence-electron chi connectivity index (χ4n) is 4.73. The first-order valence-corrected chi connectivity index (χ1v) is 14.7. The van der Waals surface area contributed by atoms with E-state index in [0.29, 0.717) is 13.0 Å². The molecule has 170 valence electrons. The van der Waals surface area contributed by atoms with Crippen LogP contribution < -0.4 is 0 Å². The van der Waals surface area contributed by atoms with Gasteiger partial charge in [0.05, 0.1) is 33.1 Å². The molecule has 0 radical (unpaired) electrons. The summed E-state index contributed by atoms with van der Waals surface area (Å²) in [6.07, 6.45) is 2.82. The Morgan fingerprint density at radius 3 is 2.03 bits per heavy atom. The Bertz CT molecular complexity index is 937. The Morgan fingerprint density at radius 2 is 1.44 bits per heavy atom. The van der Waals surface area contributed by atoms with E-state index in [1.165, 1.54) is 10.8 Å². The van der Waals surface area contributed by atoms with Crippen molar-refractivity contribution >= 4 is 20.0 Å².